The summed E-state index contributed by atoms with van der Waals surface area (Å²) in [7, 11) is 0. The summed E-state index contributed by atoms with van der Waals surface area (Å²) in [6.07, 6.45) is 1.07. The average Bonchev–Trinajstić information content (AvgIpc) is 2.95. The Morgan fingerprint density at radius 3 is 2.62 bits per heavy atom. The van der Waals surface area contributed by atoms with Gasteiger partial charge in [-0.2, -0.15) is 0 Å². The van der Waals surface area contributed by atoms with Crippen molar-refractivity contribution >= 4 is 33.3 Å². The fraction of sp³-hybridized carbons (Fsp3) is 0.235. The van der Waals surface area contributed by atoms with Crippen molar-refractivity contribution in [2.75, 3.05) is 5.75 Å². The van der Waals surface area contributed by atoms with Gasteiger partial charge in [0.2, 0.25) is 0 Å². The third kappa shape index (κ3) is 3.46. The minimum atomic E-state index is 0.0490. The number of rotatable bonds is 5. The topological polar surface area (TPSA) is 38.9 Å². The highest BCUT2D eigenvalue weighted by atomic mass is 32.2. The summed E-state index contributed by atoms with van der Waals surface area (Å²) >= 11 is 3.48. The molecule has 4 heteroatoms. The Balaban J connectivity index is 1.65. The third-order valence-corrected chi connectivity index (χ3v) is 5.78. The molecule has 0 spiro atoms. The number of para-hydroxylation sites is 1. The highest BCUT2D eigenvalue weighted by Crippen LogP contribution is 2.31. The van der Waals surface area contributed by atoms with Gasteiger partial charge in [-0.25, -0.2) is 4.98 Å². The molecule has 108 valence electrons. The minimum Gasteiger partial charge on any atom is -0.323 e. The first-order valence-electron chi connectivity index (χ1n) is 7.09. The molecule has 0 amide bonds. The lowest BCUT2D eigenvalue weighted by molar-refractivity contribution is 0.830. The lowest BCUT2D eigenvalue weighted by Crippen LogP contribution is -2.12. The molecule has 2 aromatic carbocycles. The summed E-state index contributed by atoms with van der Waals surface area (Å²) in [4.78, 5) is 4.63. The zero-order valence-corrected chi connectivity index (χ0v) is 13.6. The van der Waals surface area contributed by atoms with Crippen LogP contribution in [-0.4, -0.2) is 10.7 Å². The quantitative estimate of drug-likeness (QED) is 0.697. The Labute approximate surface area is 133 Å². The first kappa shape index (κ1) is 14.6. The molecular weight excluding hydrogens is 296 g/mol. The van der Waals surface area contributed by atoms with Crippen LogP contribution in [-0.2, 0) is 6.42 Å². The minimum absolute atomic E-state index is 0.0490. The van der Waals surface area contributed by atoms with Gasteiger partial charge in [-0.1, -0.05) is 55.1 Å². The third-order valence-electron chi connectivity index (χ3n) is 3.48. The van der Waals surface area contributed by atoms with Crippen molar-refractivity contribution in [3.63, 3.8) is 0 Å². The van der Waals surface area contributed by atoms with E-state index >= 15 is 0 Å². The van der Waals surface area contributed by atoms with Crippen LogP contribution < -0.4 is 5.73 Å². The molecule has 0 bridgehead atoms. The molecule has 1 unspecified atom stereocenters. The second-order valence-corrected chi connectivity index (χ2v) is 7.26. The van der Waals surface area contributed by atoms with Gasteiger partial charge in [-0.3, -0.25) is 0 Å². The highest BCUT2D eigenvalue weighted by Gasteiger charge is 2.09. The number of hydrogen-bond donors (Lipinski definition) is 1. The van der Waals surface area contributed by atoms with Crippen molar-refractivity contribution in [2.24, 2.45) is 5.73 Å². The van der Waals surface area contributed by atoms with Gasteiger partial charge >= 0.3 is 0 Å². The molecule has 0 aliphatic carbocycles. The van der Waals surface area contributed by atoms with E-state index in [9.17, 15) is 0 Å². The van der Waals surface area contributed by atoms with Gasteiger partial charge in [0, 0.05) is 11.8 Å². The molecule has 3 rings (SSSR count). The van der Waals surface area contributed by atoms with Gasteiger partial charge in [0.05, 0.1) is 10.2 Å². The fourth-order valence-corrected chi connectivity index (χ4v) is 4.25. The number of aromatic nitrogens is 1. The molecule has 21 heavy (non-hydrogen) atoms. The largest absolute Gasteiger partial charge is 0.323 e. The van der Waals surface area contributed by atoms with Crippen LogP contribution in [0.15, 0.2) is 52.9 Å². The van der Waals surface area contributed by atoms with E-state index < -0.39 is 0 Å². The van der Waals surface area contributed by atoms with Crippen molar-refractivity contribution in [3.05, 3.63) is 59.7 Å². The van der Waals surface area contributed by atoms with Gasteiger partial charge in [0.15, 0.2) is 4.34 Å². The van der Waals surface area contributed by atoms with E-state index in [4.69, 9.17) is 5.73 Å². The summed E-state index contributed by atoms with van der Waals surface area (Å²) in [5.74, 6) is 0.852. The number of thioether (sulfide) groups is 1. The van der Waals surface area contributed by atoms with Crippen molar-refractivity contribution in [1.29, 1.82) is 0 Å². The number of hydrogen-bond acceptors (Lipinski definition) is 4. The number of fused-ring (bicyclic) bond motifs is 1. The Morgan fingerprint density at radius 1 is 1.14 bits per heavy atom. The summed E-state index contributed by atoms with van der Waals surface area (Å²) in [5.41, 5.74) is 9.91. The molecule has 1 atom stereocenters. The normalized spacial score (nSPS) is 12.7. The molecule has 3 aromatic rings. The summed E-state index contributed by atoms with van der Waals surface area (Å²) in [6, 6.07) is 16.9. The number of aryl methyl sites for hydroxylation is 1. The van der Waals surface area contributed by atoms with Gasteiger partial charge < -0.3 is 5.73 Å². The highest BCUT2D eigenvalue weighted by molar-refractivity contribution is 8.01. The van der Waals surface area contributed by atoms with Crippen LogP contribution in [0.3, 0.4) is 0 Å². The molecule has 2 N–H and O–H groups in total. The van der Waals surface area contributed by atoms with Gasteiger partial charge in [0.1, 0.15) is 0 Å². The van der Waals surface area contributed by atoms with E-state index in [-0.39, 0.29) is 6.04 Å². The Hall–Kier alpha value is -1.36. The maximum Gasteiger partial charge on any atom is 0.151 e. The van der Waals surface area contributed by atoms with Crippen LogP contribution in [0.1, 0.15) is 24.1 Å². The van der Waals surface area contributed by atoms with Crippen LogP contribution in [0.2, 0.25) is 0 Å². The molecule has 2 nitrogen and oxygen atoms in total. The molecule has 0 radical (unpaired) electrons. The predicted molar refractivity (Wildman–Crippen MR) is 93.1 cm³/mol. The molecule has 0 saturated carbocycles. The van der Waals surface area contributed by atoms with Crippen molar-refractivity contribution in [1.82, 2.24) is 4.98 Å². The van der Waals surface area contributed by atoms with Gasteiger partial charge in [0.25, 0.3) is 0 Å². The van der Waals surface area contributed by atoms with Crippen LogP contribution in [0.4, 0.5) is 0 Å². The lowest BCUT2D eigenvalue weighted by Gasteiger charge is -2.11. The predicted octanol–water partition coefficient (Wildman–Crippen LogP) is 4.65. The molecular formula is C17H18N2S2. The smallest absolute Gasteiger partial charge is 0.151 e. The van der Waals surface area contributed by atoms with E-state index in [2.05, 4.69) is 54.4 Å². The lowest BCUT2D eigenvalue weighted by atomic mass is 10.1. The zero-order valence-electron chi connectivity index (χ0n) is 12.0. The van der Waals surface area contributed by atoms with Crippen LogP contribution in [0.25, 0.3) is 10.2 Å². The second kappa shape index (κ2) is 6.60. The van der Waals surface area contributed by atoms with Gasteiger partial charge in [-0.15, -0.1) is 11.3 Å². The molecule has 1 heterocycles. The summed E-state index contributed by atoms with van der Waals surface area (Å²) in [5, 5.41) is 0. The summed E-state index contributed by atoms with van der Waals surface area (Å²) < 4.78 is 2.33. The van der Waals surface area contributed by atoms with Crippen LogP contribution in [0.5, 0.6) is 0 Å². The van der Waals surface area contributed by atoms with E-state index in [0.29, 0.717) is 0 Å². The van der Waals surface area contributed by atoms with Crippen molar-refractivity contribution in [2.45, 2.75) is 23.7 Å². The average molecular weight is 314 g/mol. The van der Waals surface area contributed by atoms with Crippen LogP contribution in [0, 0.1) is 0 Å². The number of benzene rings is 2. The number of thiazole rings is 1. The molecule has 1 aromatic heterocycles. The zero-order chi connectivity index (χ0) is 14.7. The first-order chi connectivity index (χ1) is 10.3. The van der Waals surface area contributed by atoms with E-state index in [0.717, 1.165) is 22.0 Å². The van der Waals surface area contributed by atoms with E-state index in [1.54, 1.807) is 23.1 Å². The maximum atomic E-state index is 6.28. The Bertz CT molecular complexity index is 686. The number of nitrogens with zero attached hydrogens (tertiary/aromatic N) is 1. The molecule has 0 fully saturated rings. The van der Waals surface area contributed by atoms with E-state index in [1.807, 2.05) is 6.07 Å². The van der Waals surface area contributed by atoms with E-state index in [1.165, 1.54) is 15.8 Å². The van der Waals surface area contributed by atoms with Crippen molar-refractivity contribution < 1.29 is 0 Å². The van der Waals surface area contributed by atoms with Crippen molar-refractivity contribution in [3.8, 4) is 0 Å². The number of nitrogens with two attached hydrogens (primary N) is 1. The summed E-state index contributed by atoms with van der Waals surface area (Å²) in [6.45, 7) is 2.16. The fourth-order valence-electron chi connectivity index (χ4n) is 2.17. The Morgan fingerprint density at radius 2 is 1.90 bits per heavy atom. The standard InChI is InChI=1S/C17H18N2S2/c1-2-12-7-9-13(10-8-12)14(18)11-20-17-19-15-5-3-4-6-16(15)21-17/h3-10,14H,2,11,18H2,1H3. The molecule has 0 aliphatic rings. The SMILES string of the molecule is CCc1ccc(C(N)CSc2nc3ccccc3s2)cc1. The maximum absolute atomic E-state index is 6.28. The monoisotopic (exact) mass is 314 g/mol. The van der Waals surface area contributed by atoms with Crippen LogP contribution >= 0.6 is 23.1 Å². The first-order valence-corrected chi connectivity index (χ1v) is 8.89. The van der Waals surface area contributed by atoms with Gasteiger partial charge in [-0.05, 0) is 29.7 Å². The second-order valence-electron chi connectivity index (χ2n) is 4.96. The molecule has 0 aliphatic heterocycles. The Kier molecular flexibility index (Phi) is 4.58. The molecule has 0 saturated heterocycles.